The molecule has 0 saturated carbocycles. The van der Waals surface area contributed by atoms with Crippen molar-refractivity contribution in [3.63, 3.8) is 0 Å². The van der Waals surface area contributed by atoms with Crippen LogP contribution in [0.3, 0.4) is 0 Å². The monoisotopic (exact) mass is 294 g/mol. The minimum atomic E-state index is -0.0125. The minimum absolute atomic E-state index is 0.0125. The zero-order valence-corrected chi connectivity index (χ0v) is 13.0. The van der Waals surface area contributed by atoms with Crippen LogP contribution in [-0.4, -0.2) is 52.1 Å². The second-order valence-electron chi connectivity index (χ2n) is 5.87. The fourth-order valence-electron chi connectivity index (χ4n) is 2.84. The third-order valence-electron chi connectivity index (χ3n) is 3.99. The highest BCUT2D eigenvalue weighted by atomic mass is 16.3. The summed E-state index contributed by atoms with van der Waals surface area (Å²) in [6, 6.07) is 2.04. The molecule has 1 atom stereocenters. The molecule has 21 heavy (non-hydrogen) atoms. The van der Waals surface area contributed by atoms with E-state index in [4.69, 9.17) is 0 Å². The summed E-state index contributed by atoms with van der Waals surface area (Å²) in [5.74, 6) is 0.235. The minimum Gasteiger partial charge on any atom is -0.396 e. The van der Waals surface area contributed by atoms with Crippen molar-refractivity contribution in [2.75, 3.05) is 26.2 Å². The summed E-state index contributed by atoms with van der Waals surface area (Å²) in [6.45, 7) is 7.12. The Kier molecular flexibility index (Phi) is 5.61. The van der Waals surface area contributed by atoms with E-state index in [1.54, 1.807) is 0 Å². The van der Waals surface area contributed by atoms with Crippen molar-refractivity contribution in [1.82, 2.24) is 20.0 Å². The number of nitrogens with zero attached hydrogens (tertiary/aromatic N) is 3. The summed E-state index contributed by atoms with van der Waals surface area (Å²) < 4.78 is 1.98. The van der Waals surface area contributed by atoms with Gasteiger partial charge in [-0.25, -0.2) is 4.79 Å². The fourth-order valence-corrected chi connectivity index (χ4v) is 2.84. The number of carbonyl (C=O) groups is 1. The molecule has 6 nitrogen and oxygen atoms in total. The van der Waals surface area contributed by atoms with Gasteiger partial charge in [0.25, 0.3) is 0 Å². The van der Waals surface area contributed by atoms with Gasteiger partial charge in [0, 0.05) is 38.5 Å². The number of urea groups is 1. The van der Waals surface area contributed by atoms with Gasteiger partial charge in [-0.15, -0.1) is 0 Å². The summed E-state index contributed by atoms with van der Waals surface area (Å²) in [4.78, 5) is 13.9. The highest BCUT2D eigenvalue weighted by Gasteiger charge is 2.22. The van der Waals surface area contributed by atoms with E-state index in [1.807, 2.05) is 23.4 Å². The summed E-state index contributed by atoms with van der Waals surface area (Å²) >= 11 is 0. The number of hydrogen-bond acceptors (Lipinski definition) is 3. The van der Waals surface area contributed by atoms with Crippen molar-refractivity contribution >= 4 is 6.03 Å². The summed E-state index contributed by atoms with van der Waals surface area (Å²) in [7, 11) is 0. The predicted molar refractivity (Wildman–Crippen MR) is 81.1 cm³/mol. The first kappa shape index (κ1) is 15.8. The molecular formula is C15H26N4O2. The molecule has 0 aromatic carbocycles. The van der Waals surface area contributed by atoms with Crippen LogP contribution in [-0.2, 0) is 6.54 Å². The van der Waals surface area contributed by atoms with Gasteiger partial charge < -0.3 is 15.3 Å². The molecule has 118 valence electrons. The normalized spacial score (nSPS) is 18.8. The van der Waals surface area contributed by atoms with Crippen LogP contribution in [0.2, 0.25) is 0 Å². The van der Waals surface area contributed by atoms with Crippen molar-refractivity contribution in [3.05, 3.63) is 17.5 Å². The molecule has 1 aliphatic heterocycles. The molecule has 1 aliphatic rings. The van der Waals surface area contributed by atoms with Gasteiger partial charge in [-0.1, -0.05) is 0 Å². The van der Waals surface area contributed by atoms with Crippen LogP contribution in [0.5, 0.6) is 0 Å². The third-order valence-corrected chi connectivity index (χ3v) is 3.99. The van der Waals surface area contributed by atoms with E-state index in [1.165, 1.54) is 0 Å². The molecule has 2 amide bonds. The van der Waals surface area contributed by atoms with Crippen molar-refractivity contribution < 1.29 is 9.90 Å². The lowest BCUT2D eigenvalue weighted by atomic mass is 9.99. The van der Waals surface area contributed by atoms with Crippen LogP contribution in [0.4, 0.5) is 4.79 Å². The lowest BCUT2D eigenvalue weighted by Gasteiger charge is -2.31. The van der Waals surface area contributed by atoms with Gasteiger partial charge in [0.1, 0.15) is 0 Å². The van der Waals surface area contributed by atoms with Crippen LogP contribution in [0, 0.1) is 19.8 Å². The zero-order valence-electron chi connectivity index (χ0n) is 13.0. The molecule has 0 spiro atoms. The molecule has 1 saturated heterocycles. The summed E-state index contributed by atoms with van der Waals surface area (Å²) in [5, 5.41) is 16.6. The number of amides is 2. The average molecular weight is 294 g/mol. The van der Waals surface area contributed by atoms with Crippen molar-refractivity contribution in [2.24, 2.45) is 5.92 Å². The van der Waals surface area contributed by atoms with Crippen LogP contribution in [0.1, 0.15) is 30.7 Å². The Balaban J connectivity index is 1.68. The van der Waals surface area contributed by atoms with Gasteiger partial charge >= 0.3 is 6.03 Å². The van der Waals surface area contributed by atoms with Gasteiger partial charge in [-0.2, -0.15) is 5.10 Å². The van der Waals surface area contributed by atoms with Crippen LogP contribution in [0.15, 0.2) is 6.07 Å². The van der Waals surface area contributed by atoms with Gasteiger partial charge in [-0.05, 0) is 45.1 Å². The van der Waals surface area contributed by atoms with Crippen molar-refractivity contribution in [2.45, 2.75) is 39.7 Å². The molecule has 0 aliphatic carbocycles. The molecule has 1 aromatic rings. The molecular weight excluding hydrogens is 268 g/mol. The van der Waals surface area contributed by atoms with E-state index in [0.717, 1.165) is 43.7 Å². The van der Waals surface area contributed by atoms with Crippen LogP contribution in [0.25, 0.3) is 0 Å². The van der Waals surface area contributed by atoms with E-state index >= 15 is 0 Å². The van der Waals surface area contributed by atoms with E-state index in [0.29, 0.717) is 13.1 Å². The number of piperidine rings is 1. The highest BCUT2D eigenvalue weighted by Crippen LogP contribution is 2.15. The first-order chi connectivity index (χ1) is 10.1. The van der Waals surface area contributed by atoms with Gasteiger partial charge in [-0.3, -0.25) is 4.68 Å². The number of aliphatic hydroxyl groups excluding tert-OH is 1. The lowest BCUT2D eigenvalue weighted by molar-refractivity contribution is 0.129. The first-order valence-electron chi connectivity index (χ1n) is 7.75. The zero-order chi connectivity index (χ0) is 15.2. The number of likely N-dealkylation sites (tertiary alicyclic amines) is 1. The van der Waals surface area contributed by atoms with E-state index < -0.39 is 0 Å². The number of aliphatic hydroxyl groups is 1. The third kappa shape index (κ3) is 4.46. The smallest absolute Gasteiger partial charge is 0.317 e. The molecule has 1 unspecified atom stereocenters. The molecule has 1 aromatic heterocycles. The first-order valence-corrected chi connectivity index (χ1v) is 7.75. The van der Waals surface area contributed by atoms with Gasteiger partial charge in [0.2, 0.25) is 0 Å². The van der Waals surface area contributed by atoms with Crippen molar-refractivity contribution in [3.8, 4) is 0 Å². The van der Waals surface area contributed by atoms with E-state index in [-0.39, 0.29) is 18.6 Å². The van der Waals surface area contributed by atoms with Crippen LogP contribution < -0.4 is 5.32 Å². The maximum Gasteiger partial charge on any atom is 0.317 e. The highest BCUT2D eigenvalue weighted by molar-refractivity contribution is 5.74. The Labute approximate surface area is 126 Å². The summed E-state index contributed by atoms with van der Waals surface area (Å²) in [6.07, 6.45) is 2.85. The number of nitrogens with one attached hydrogen (secondary N) is 1. The van der Waals surface area contributed by atoms with Crippen molar-refractivity contribution in [1.29, 1.82) is 0 Å². The molecule has 6 heteroatoms. The molecule has 0 bridgehead atoms. The maximum absolute atomic E-state index is 12.1. The van der Waals surface area contributed by atoms with Crippen LogP contribution >= 0.6 is 0 Å². The molecule has 0 radical (unpaired) electrons. The SMILES string of the molecule is Cc1cc(C)n(CCCNC(=O)N2CCCC(CO)C2)n1. The summed E-state index contributed by atoms with van der Waals surface area (Å²) in [5.41, 5.74) is 2.18. The standard InChI is InChI=1S/C15H26N4O2/c1-12-9-13(2)19(17-12)8-4-6-16-15(21)18-7-3-5-14(10-18)11-20/h9,14,20H,3-8,10-11H2,1-2H3,(H,16,21). The second kappa shape index (κ2) is 7.45. The van der Waals surface area contributed by atoms with Gasteiger partial charge in [0.15, 0.2) is 0 Å². The Morgan fingerprint density at radius 2 is 2.33 bits per heavy atom. The van der Waals surface area contributed by atoms with Gasteiger partial charge in [0.05, 0.1) is 5.69 Å². The largest absolute Gasteiger partial charge is 0.396 e. The number of aryl methyl sites for hydroxylation is 3. The topological polar surface area (TPSA) is 70.4 Å². The fraction of sp³-hybridized carbons (Fsp3) is 0.733. The predicted octanol–water partition coefficient (Wildman–Crippen LogP) is 1.30. The number of rotatable bonds is 5. The number of hydrogen-bond donors (Lipinski definition) is 2. The Morgan fingerprint density at radius 1 is 1.52 bits per heavy atom. The second-order valence-corrected chi connectivity index (χ2v) is 5.87. The molecule has 1 fully saturated rings. The van der Waals surface area contributed by atoms with E-state index in [9.17, 15) is 9.90 Å². The molecule has 2 N–H and O–H groups in total. The number of aromatic nitrogens is 2. The van der Waals surface area contributed by atoms with E-state index in [2.05, 4.69) is 16.5 Å². The Morgan fingerprint density at radius 3 is 3.00 bits per heavy atom. The number of carbonyl (C=O) groups excluding carboxylic acids is 1. The average Bonchev–Trinajstić information content (AvgIpc) is 2.81. The lowest BCUT2D eigenvalue weighted by Crippen LogP contribution is -2.46. The quantitative estimate of drug-likeness (QED) is 0.804. The Hall–Kier alpha value is -1.56. The molecule has 2 heterocycles. The molecule has 2 rings (SSSR count). The Bertz CT molecular complexity index is 472. The maximum atomic E-state index is 12.1.